The maximum Gasteiger partial charge on any atom is 0.320 e. The summed E-state index contributed by atoms with van der Waals surface area (Å²) in [7, 11) is 0.132. The van der Waals surface area contributed by atoms with Crippen LogP contribution < -0.4 is 15.2 Å². The summed E-state index contributed by atoms with van der Waals surface area (Å²) in [6.07, 6.45) is 0.245. The van der Waals surface area contributed by atoms with Crippen LogP contribution in [0.25, 0.3) is 0 Å². The smallest absolute Gasteiger partial charge is 0.320 e. The fourth-order valence-electron chi connectivity index (χ4n) is 1.93. The van der Waals surface area contributed by atoms with Gasteiger partial charge in [-0.25, -0.2) is 4.21 Å². The maximum absolute atomic E-state index is 12.3. The van der Waals surface area contributed by atoms with Crippen LogP contribution in [-0.2, 0) is 22.2 Å². The number of nitrogens with two attached hydrogens (primary N) is 1. The third-order valence-electron chi connectivity index (χ3n) is 3.19. The highest BCUT2D eigenvalue weighted by molar-refractivity contribution is 7.86. The Morgan fingerprint density at radius 1 is 1.30 bits per heavy atom. The van der Waals surface area contributed by atoms with Gasteiger partial charge in [-0.2, -0.15) is 0 Å². The van der Waals surface area contributed by atoms with Gasteiger partial charge >= 0.3 is 5.97 Å². The number of hydrogen-bond donors (Lipinski definition) is 3. The van der Waals surface area contributed by atoms with E-state index < -0.39 is 23.0 Å². The Bertz CT molecular complexity index is 703. The van der Waals surface area contributed by atoms with Crippen LogP contribution in [0.4, 0.5) is 5.69 Å². The van der Waals surface area contributed by atoms with E-state index in [1.54, 1.807) is 55.6 Å². The van der Waals surface area contributed by atoms with Gasteiger partial charge in [0.05, 0.1) is 12.0 Å². The molecule has 6 nitrogen and oxygen atoms in total. The molecule has 0 spiro atoms. The molecule has 2 unspecified atom stereocenters. The maximum atomic E-state index is 12.3. The van der Waals surface area contributed by atoms with Crippen molar-refractivity contribution >= 4 is 22.6 Å². The van der Waals surface area contributed by atoms with Crippen LogP contribution >= 0.6 is 0 Å². The van der Waals surface area contributed by atoms with Crippen LogP contribution in [0.2, 0.25) is 0 Å². The lowest BCUT2D eigenvalue weighted by Crippen LogP contribution is -2.32. The van der Waals surface area contributed by atoms with Gasteiger partial charge in [-0.05, 0) is 42.3 Å². The number of hydrogen-bond acceptors (Lipinski definition) is 4. The average Bonchev–Trinajstić information content (AvgIpc) is 2.56. The Labute approximate surface area is 136 Å². The largest absolute Gasteiger partial charge is 0.497 e. The van der Waals surface area contributed by atoms with E-state index in [0.29, 0.717) is 16.3 Å². The number of benzene rings is 2. The van der Waals surface area contributed by atoms with E-state index in [1.807, 2.05) is 0 Å². The first kappa shape index (κ1) is 17.0. The molecule has 2 atom stereocenters. The zero-order valence-corrected chi connectivity index (χ0v) is 13.4. The van der Waals surface area contributed by atoms with E-state index in [2.05, 4.69) is 4.72 Å². The first-order chi connectivity index (χ1) is 11.0. The minimum absolute atomic E-state index is 0.245. The molecule has 0 saturated carbocycles. The first-order valence-corrected chi connectivity index (χ1v) is 8.04. The van der Waals surface area contributed by atoms with E-state index in [0.717, 1.165) is 5.56 Å². The number of carbonyl (C=O) groups is 1. The van der Waals surface area contributed by atoms with Gasteiger partial charge < -0.3 is 20.3 Å². The number of anilines is 1. The molecule has 0 heterocycles. The summed E-state index contributed by atoms with van der Waals surface area (Å²) >= 11 is 0. The third-order valence-corrected chi connectivity index (χ3v) is 4.30. The van der Waals surface area contributed by atoms with Gasteiger partial charge in [0.2, 0.25) is 0 Å². The van der Waals surface area contributed by atoms with Crippen molar-refractivity contribution in [2.45, 2.75) is 17.4 Å². The minimum Gasteiger partial charge on any atom is -0.497 e. The Morgan fingerprint density at radius 3 is 2.61 bits per heavy atom. The van der Waals surface area contributed by atoms with Gasteiger partial charge in [-0.1, -0.05) is 18.2 Å². The van der Waals surface area contributed by atoms with Crippen LogP contribution in [0.15, 0.2) is 53.4 Å². The molecule has 0 aliphatic heterocycles. The van der Waals surface area contributed by atoms with Crippen molar-refractivity contribution in [2.75, 3.05) is 11.8 Å². The van der Waals surface area contributed by atoms with E-state index in [-0.39, 0.29) is 6.42 Å². The van der Waals surface area contributed by atoms with Crippen LogP contribution in [0.1, 0.15) is 5.56 Å². The SMILES string of the molecule is COc1cccc(S(=O)Nc2ccc(CC(N)C(=O)O)cc2)c1. The molecule has 4 N–H and O–H groups in total. The summed E-state index contributed by atoms with van der Waals surface area (Å²) in [6.45, 7) is 0. The zero-order chi connectivity index (χ0) is 16.8. The van der Waals surface area contributed by atoms with E-state index in [9.17, 15) is 9.00 Å². The zero-order valence-electron chi connectivity index (χ0n) is 12.6. The van der Waals surface area contributed by atoms with Crippen LogP contribution in [0, 0.1) is 0 Å². The van der Waals surface area contributed by atoms with E-state index in [1.165, 1.54) is 0 Å². The summed E-state index contributed by atoms with van der Waals surface area (Å²) in [6, 6.07) is 13.0. The van der Waals surface area contributed by atoms with Crippen molar-refractivity contribution < 1.29 is 18.8 Å². The van der Waals surface area contributed by atoms with Crippen molar-refractivity contribution in [1.29, 1.82) is 0 Å². The van der Waals surface area contributed by atoms with Gasteiger partial charge in [-0.3, -0.25) is 4.79 Å². The molecule has 0 radical (unpaired) electrons. The summed E-state index contributed by atoms with van der Waals surface area (Å²) in [5, 5.41) is 8.80. The lowest BCUT2D eigenvalue weighted by Gasteiger charge is -2.09. The highest BCUT2D eigenvalue weighted by atomic mass is 32.2. The van der Waals surface area contributed by atoms with E-state index >= 15 is 0 Å². The summed E-state index contributed by atoms with van der Waals surface area (Å²) in [4.78, 5) is 11.3. The summed E-state index contributed by atoms with van der Waals surface area (Å²) < 4.78 is 20.3. The second kappa shape index (κ2) is 7.75. The summed E-state index contributed by atoms with van der Waals surface area (Å²) in [5.74, 6) is -0.401. The molecule has 0 aromatic heterocycles. The number of aliphatic carboxylic acids is 1. The van der Waals surface area contributed by atoms with Crippen LogP contribution in [0.3, 0.4) is 0 Å². The molecule has 7 heteroatoms. The van der Waals surface area contributed by atoms with Gasteiger partial charge in [0, 0.05) is 5.69 Å². The van der Waals surface area contributed by atoms with Crippen molar-refractivity contribution in [3.05, 3.63) is 54.1 Å². The van der Waals surface area contributed by atoms with Gasteiger partial charge in [0.25, 0.3) is 0 Å². The molecule has 0 saturated heterocycles. The topological polar surface area (TPSA) is 102 Å². The fourth-order valence-corrected chi connectivity index (χ4v) is 2.83. The Hall–Kier alpha value is -2.38. The number of ether oxygens (including phenoxy) is 1. The molecule has 122 valence electrons. The molecule has 0 amide bonds. The van der Waals surface area contributed by atoms with E-state index in [4.69, 9.17) is 15.6 Å². The van der Waals surface area contributed by atoms with Crippen molar-refractivity contribution in [3.63, 3.8) is 0 Å². The quantitative estimate of drug-likeness (QED) is 0.716. The van der Waals surface area contributed by atoms with Gasteiger partial charge in [-0.15, -0.1) is 0 Å². The number of carboxylic acids is 1. The number of rotatable bonds is 7. The molecule has 0 fully saturated rings. The van der Waals surface area contributed by atoms with Crippen LogP contribution in [0.5, 0.6) is 5.75 Å². The number of nitrogens with one attached hydrogen (secondary N) is 1. The normalized spacial score (nSPS) is 13.1. The molecule has 2 aromatic rings. The average molecular weight is 334 g/mol. The predicted molar refractivity (Wildman–Crippen MR) is 88.8 cm³/mol. The molecule has 0 bridgehead atoms. The Balaban J connectivity index is 2.02. The second-order valence-electron chi connectivity index (χ2n) is 4.90. The standard InChI is InChI=1S/C16H18N2O4S/c1-22-13-3-2-4-14(10-13)23(21)18-12-7-5-11(6-8-12)9-15(17)16(19)20/h2-8,10,15,18H,9,17H2,1H3,(H,19,20). The molecule has 2 aromatic carbocycles. The summed E-state index contributed by atoms with van der Waals surface area (Å²) in [5.41, 5.74) is 6.96. The molecule has 23 heavy (non-hydrogen) atoms. The molecular weight excluding hydrogens is 316 g/mol. The molecule has 2 rings (SSSR count). The fraction of sp³-hybridized carbons (Fsp3) is 0.188. The first-order valence-electron chi connectivity index (χ1n) is 6.89. The third kappa shape index (κ3) is 4.80. The number of carboxylic acid groups (broad SMARTS) is 1. The highest BCUT2D eigenvalue weighted by Crippen LogP contribution is 2.18. The lowest BCUT2D eigenvalue weighted by molar-refractivity contribution is -0.138. The highest BCUT2D eigenvalue weighted by Gasteiger charge is 2.12. The second-order valence-corrected chi connectivity index (χ2v) is 6.11. The monoisotopic (exact) mass is 334 g/mol. The predicted octanol–water partition coefficient (Wildman–Crippen LogP) is 1.78. The molecule has 0 aliphatic carbocycles. The number of methoxy groups -OCH3 is 1. The van der Waals surface area contributed by atoms with Crippen molar-refractivity contribution in [1.82, 2.24) is 0 Å². The Morgan fingerprint density at radius 2 is 2.00 bits per heavy atom. The lowest BCUT2D eigenvalue weighted by atomic mass is 10.1. The van der Waals surface area contributed by atoms with Crippen molar-refractivity contribution in [3.8, 4) is 5.75 Å². The van der Waals surface area contributed by atoms with Crippen LogP contribution in [-0.4, -0.2) is 28.4 Å². The van der Waals surface area contributed by atoms with Gasteiger partial charge in [0.15, 0.2) is 0 Å². The van der Waals surface area contributed by atoms with Gasteiger partial charge in [0.1, 0.15) is 22.8 Å². The molecule has 0 aliphatic rings. The minimum atomic E-state index is -1.42. The molecular formula is C16H18N2O4S. The van der Waals surface area contributed by atoms with Crippen molar-refractivity contribution in [2.24, 2.45) is 5.73 Å². The Kier molecular flexibility index (Phi) is 5.72.